The molecule has 0 radical (unpaired) electrons. The molecule has 1 atom stereocenters. The normalized spacial score (nSPS) is 18.6. The lowest BCUT2D eigenvalue weighted by Crippen LogP contribution is -2.40. The number of hydrogen-bond donors (Lipinski definition) is 0. The number of imidazole rings is 1. The molecular weight excluding hydrogens is 405 g/mol. The molecule has 2 aliphatic rings. The van der Waals surface area contributed by atoms with Gasteiger partial charge in [0.05, 0.1) is 23.5 Å². The van der Waals surface area contributed by atoms with Crippen LogP contribution in [-0.4, -0.2) is 34.1 Å². The Morgan fingerprint density at radius 3 is 2.76 bits per heavy atom. The second kappa shape index (κ2) is 7.35. The van der Waals surface area contributed by atoms with Crippen LogP contribution in [0.25, 0.3) is 11.4 Å². The van der Waals surface area contributed by atoms with Gasteiger partial charge in [0.25, 0.3) is 0 Å². The van der Waals surface area contributed by atoms with Gasteiger partial charge in [-0.1, -0.05) is 35.3 Å². The Morgan fingerprint density at radius 2 is 1.97 bits per heavy atom. The van der Waals surface area contributed by atoms with E-state index >= 15 is 0 Å². The van der Waals surface area contributed by atoms with Crippen LogP contribution in [0.2, 0.25) is 10.0 Å². The fourth-order valence-electron chi connectivity index (χ4n) is 4.71. The molecule has 5 rings (SSSR count). The van der Waals surface area contributed by atoms with Gasteiger partial charge in [-0.2, -0.15) is 0 Å². The van der Waals surface area contributed by atoms with Crippen molar-refractivity contribution in [1.29, 1.82) is 0 Å². The van der Waals surface area contributed by atoms with Crippen molar-refractivity contribution in [3.05, 3.63) is 69.0 Å². The Morgan fingerprint density at radius 1 is 1.10 bits per heavy atom. The number of methoxy groups -OCH3 is 1. The van der Waals surface area contributed by atoms with E-state index in [1.807, 2.05) is 24.3 Å². The van der Waals surface area contributed by atoms with Gasteiger partial charge in [-0.3, -0.25) is 4.90 Å². The molecule has 0 saturated heterocycles. The van der Waals surface area contributed by atoms with E-state index in [2.05, 4.69) is 28.6 Å². The van der Waals surface area contributed by atoms with Crippen LogP contribution in [-0.2, 0) is 32.9 Å². The Hall–Kier alpha value is -2.01. The molecule has 0 saturated carbocycles. The zero-order valence-electron chi connectivity index (χ0n) is 16.6. The number of hydrogen-bond acceptors (Lipinski definition) is 3. The maximum Gasteiger partial charge on any atom is 0.141 e. The lowest BCUT2D eigenvalue weighted by Gasteiger charge is -2.32. The van der Waals surface area contributed by atoms with E-state index in [-0.39, 0.29) is 0 Å². The number of benzene rings is 2. The molecule has 0 spiro atoms. The average Bonchev–Trinajstić information content (AvgIpc) is 3.31. The number of halogens is 2. The van der Waals surface area contributed by atoms with E-state index in [0.29, 0.717) is 11.1 Å². The van der Waals surface area contributed by atoms with E-state index in [1.54, 1.807) is 7.11 Å². The number of nitrogens with zero attached hydrogens (tertiary/aromatic N) is 3. The summed E-state index contributed by atoms with van der Waals surface area (Å²) in [5, 5.41) is 1.59. The largest absolute Gasteiger partial charge is 0.497 e. The van der Waals surface area contributed by atoms with E-state index in [0.717, 1.165) is 54.5 Å². The molecule has 1 aromatic heterocycles. The van der Waals surface area contributed by atoms with Gasteiger partial charge in [0.15, 0.2) is 0 Å². The number of aromatic nitrogens is 2. The Labute approximate surface area is 181 Å². The Balaban J connectivity index is 1.43. The van der Waals surface area contributed by atoms with Crippen LogP contribution < -0.4 is 4.74 Å². The van der Waals surface area contributed by atoms with Gasteiger partial charge < -0.3 is 9.30 Å². The summed E-state index contributed by atoms with van der Waals surface area (Å²) in [6.07, 6.45) is 3.04. The van der Waals surface area contributed by atoms with Crippen molar-refractivity contribution >= 4 is 23.2 Å². The molecule has 1 aliphatic carbocycles. The molecule has 0 bridgehead atoms. The lowest BCUT2D eigenvalue weighted by atomic mass is 10.1. The molecule has 1 aliphatic heterocycles. The third-order valence-corrected chi connectivity index (χ3v) is 7.01. The fraction of sp³-hybridized carbons (Fsp3) is 0.348. The van der Waals surface area contributed by atoms with Crippen molar-refractivity contribution in [2.75, 3.05) is 13.7 Å². The van der Waals surface area contributed by atoms with Crippen molar-refractivity contribution < 1.29 is 4.74 Å². The topological polar surface area (TPSA) is 30.3 Å². The highest BCUT2D eigenvalue weighted by molar-refractivity contribution is 6.33. The summed E-state index contributed by atoms with van der Waals surface area (Å²) >= 11 is 12.9. The molecule has 4 nitrogen and oxygen atoms in total. The van der Waals surface area contributed by atoms with Gasteiger partial charge in [-0.05, 0) is 48.2 Å². The quantitative estimate of drug-likeness (QED) is 0.593. The molecule has 29 heavy (non-hydrogen) atoms. The molecule has 3 aromatic rings. The van der Waals surface area contributed by atoms with Gasteiger partial charge in [0.2, 0.25) is 0 Å². The smallest absolute Gasteiger partial charge is 0.141 e. The van der Waals surface area contributed by atoms with Crippen LogP contribution in [0.3, 0.4) is 0 Å². The fourth-order valence-corrected chi connectivity index (χ4v) is 5.18. The minimum Gasteiger partial charge on any atom is -0.497 e. The zero-order chi connectivity index (χ0) is 20.1. The number of ether oxygens (including phenoxy) is 1. The van der Waals surface area contributed by atoms with Gasteiger partial charge in [-0.15, -0.1) is 0 Å². The summed E-state index contributed by atoms with van der Waals surface area (Å²) in [4.78, 5) is 7.53. The molecule has 0 fully saturated rings. The predicted octanol–water partition coefficient (Wildman–Crippen LogP) is 4.93. The van der Waals surface area contributed by atoms with Crippen LogP contribution in [0.5, 0.6) is 5.75 Å². The zero-order valence-corrected chi connectivity index (χ0v) is 18.1. The molecule has 150 valence electrons. The first-order valence-corrected chi connectivity index (χ1v) is 10.7. The molecule has 0 N–H and O–H groups in total. The highest BCUT2D eigenvalue weighted by Crippen LogP contribution is 2.36. The highest BCUT2D eigenvalue weighted by atomic mass is 35.5. The van der Waals surface area contributed by atoms with Crippen LogP contribution >= 0.6 is 23.2 Å². The minimum absolute atomic E-state index is 0.497. The first-order chi connectivity index (χ1) is 14.0. The van der Waals surface area contributed by atoms with E-state index in [9.17, 15) is 0 Å². The molecule has 1 unspecified atom stereocenters. The van der Waals surface area contributed by atoms with Crippen molar-refractivity contribution in [2.24, 2.45) is 7.05 Å². The lowest BCUT2D eigenvalue weighted by molar-refractivity contribution is 0.178. The number of rotatable bonds is 3. The van der Waals surface area contributed by atoms with Crippen molar-refractivity contribution in [3.63, 3.8) is 0 Å². The molecule has 0 amide bonds. The molecule has 2 heterocycles. The Kier molecular flexibility index (Phi) is 4.81. The third-order valence-electron chi connectivity index (χ3n) is 6.33. The third kappa shape index (κ3) is 3.24. The van der Waals surface area contributed by atoms with Gasteiger partial charge >= 0.3 is 0 Å². The highest BCUT2D eigenvalue weighted by Gasteiger charge is 2.32. The van der Waals surface area contributed by atoms with Crippen molar-refractivity contribution in [2.45, 2.75) is 31.8 Å². The van der Waals surface area contributed by atoms with E-state index in [1.165, 1.54) is 22.5 Å². The van der Waals surface area contributed by atoms with E-state index < -0.39 is 0 Å². The van der Waals surface area contributed by atoms with E-state index in [4.69, 9.17) is 32.9 Å². The summed E-state index contributed by atoms with van der Waals surface area (Å²) in [5.41, 5.74) is 6.06. The van der Waals surface area contributed by atoms with Crippen molar-refractivity contribution in [1.82, 2.24) is 14.5 Å². The monoisotopic (exact) mass is 427 g/mol. The van der Waals surface area contributed by atoms with Crippen LogP contribution in [0, 0.1) is 0 Å². The van der Waals surface area contributed by atoms with Crippen LogP contribution in [0.15, 0.2) is 36.4 Å². The summed E-state index contributed by atoms with van der Waals surface area (Å²) in [6, 6.07) is 12.5. The molecule has 6 heteroatoms. The van der Waals surface area contributed by atoms with Crippen molar-refractivity contribution in [3.8, 4) is 17.1 Å². The maximum atomic E-state index is 6.49. The summed E-state index contributed by atoms with van der Waals surface area (Å²) < 4.78 is 7.58. The standard InChI is InChI=1S/C23H23Cl2N3O/c1-27-22-13-28(15-10-14-4-3-5-19(24)17(14)11-15)9-8-21(22)26-23(27)18-12-16(29-2)6-7-20(18)25/h3-7,12,15H,8-11,13H2,1-2H3. The van der Waals surface area contributed by atoms with Gasteiger partial charge in [0, 0.05) is 43.2 Å². The SMILES string of the molecule is COc1ccc(Cl)c(-c2nc3c(n2C)CN(C2Cc4cccc(Cl)c4C2)CC3)c1. The second-order valence-corrected chi connectivity index (χ2v) is 8.71. The van der Waals surface area contributed by atoms with Crippen LogP contribution in [0.1, 0.15) is 22.5 Å². The summed E-state index contributed by atoms with van der Waals surface area (Å²) in [7, 11) is 3.75. The maximum absolute atomic E-state index is 6.49. The minimum atomic E-state index is 0.497. The number of fused-ring (bicyclic) bond motifs is 2. The van der Waals surface area contributed by atoms with Gasteiger partial charge in [0.1, 0.15) is 11.6 Å². The predicted molar refractivity (Wildman–Crippen MR) is 117 cm³/mol. The van der Waals surface area contributed by atoms with Crippen LogP contribution in [0.4, 0.5) is 0 Å². The Bertz CT molecular complexity index is 1090. The summed E-state index contributed by atoms with van der Waals surface area (Å²) in [6.45, 7) is 1.92. The molecular formula is C23H23Cl2N3O. The second-order valence-electron chi connectivity index (χ2n) is 7.89. The molecule has 2 aromatic carbocycles. The van der Waals surface area contributed by atoms with Gasteiger partial charge in [-0.25, -0.2) is 4.98 Å². The summed E-state index contributed by atoms with van der Waals surface area (Å²) in [5.74, 6) is 1.69. The average molecular weight is 428 g/mol. The first-order valence-electron chi connectivity index (χ1n) is 9.94. The first kappa shape index (κ1) is 19.0.